The van der Waals surface area contributed by atoms with Crippen LogP contribution in [0, 0.1) is 5.92 Å². The molecule has 0 radical (unpaired) electrons. The third kappa shape index (κ3) is 6.04. The Hall–Kier alpha value is -2.34. The van der Waals surface area contributed by atoms with Crippen molar-refractivity contribution >= 4 is 23.4 Å². The molecule has 0 amide bonds. The zero-order chi connectivity index (χ0) is 17.5. The molecule has 2 aromatic rings. The third-order valence-corrected chi connectivity index (χ3v) is 3.83. The summed E-state index contributed by atoms with van der Waals surface area (Å²) in [6.45, 7) is 5.82. The van der Waals surface area contributed by atoms with Crippen LogP contribution in [0.4, 0.5) is 0 Å². The lowest BCUT2D eigenvalue weighted by molar-refractivity contribution is -0.137. The fourth-order valence-electron chi connectivity index (χ4n) is 1.96. The highest BCUT2D eigenvalue weighted by Gasteiger charge is 2.06. The summed E-state index contributed by atoms with van der Waals surface area (Å²) < 4.78 is 11.3. The lowest BCUT2D eigenvalue weighted by Gasteiger charge is -2.09. The highest BCUT2D eigenvalue weighted by molar-refractivity contribution is 7.14. The van der Waals surface area contributed by atoms with Crippen molar-refractivity contribution in [1.29, 1.82) is 0 Å². The molecule has 2 rings (SSSR count). The van der Waals surface area contributed by atoms with Crippen LogP contribution in [0.25, 0.3) is 6.08 Å². The summed E-state index contributed by atoms with van der Waals surface area (Å²) in [6, 6.07) is 7.39. The number of aliphatic carboxylic acids is 1. The normalized spacial score (nSPS) is 12.5. The van der Waals surface area contributed by atoms with Crippen LogP contribution in [-0.2, 0) is 4.79 Å². The van der Waals surface area contributed by atoms with Crippen LogP contribution >= 0.6 is 11.3 Å². The molecule has 6 heteroatoms. The molecule has 1 unspecified atom stereocenters. The average molecular weight is 347 g/mol. The average Bonchev–Trinajstić information content (AvgIpc) is 2.93. The Balaban J connectivity index is 1.93. The van der Waals surface area contributed by atoms with E-state index in [1.165, 1.54) is 11.3 Å². The van der Waals surface area contributed by atoms with Gasteiger partial charge in [-0.25, -0.2) is 4.98 Å². The number of benzene rings is 1. The molecule has 0 saturated heterocycles. The lowest BCUT2D eigenvalue weighted by Crippen LogP contribution is -2.05. The van der Waals surface area contributed by atoms with Crippen molar-refractivity contribution in [2.24, 2.45) is 5.92 Å². The van der Waals surface area contributed by atoms with Gasteiger partial charge in [0.25, 0.3) is 5.19 Å². The van der Waals surface area contributed by atoms with E-state index in [1.54, 1.807) is 6.20 Å². The maximum atomic E-state index is 10.6. The molecular formula is C18H21NO4S. The molecule has 0 aliphatic carbocycles. The zero-order valence-electron chi connectivity index (χ0n) is 13.9. The van der Waals surface area contributed by atoms with Crippen molar-refractivity contribution in [3.05, 3.63) is 41.4 Å². The molecule has 24 heavy (non-hydrogen) atoms. The second-order valence-corrected chi connectivity index (χ2v) is 6.73. The van der Waals surface area contributed by atoms with E-state index in [9.17, 15) is 4.79 Å². The predicted octanol–water partition coefficient (Wildman–Crippen LogP) is 4.85. The third-order valence-electron chi connectivity index (χ3n) is 2.99. The van der Waals surface area contributed by atoms with Crippen molar-refractivity contribution in [2.75, 3.05) is 0 Å². The van der Waals surface area contributed by atoms with Gasteiger partial charge in [0.15, 0.2) is 0 Å². The maximum Gasteiger partial charge on any atom is 0.303 e. The minimum atomic E-state index is -0.801. The Kier molecular flexibility index (Phi) is 6.37. The lowest BCUT2D eigenvalue weighted by atomic mass is 10.1. The van der Waals surface area contributed by atoms with E-state index in [0.29, 0.717) is 10.9 Å². The second-order valence-electron chi connectivity index (χ2n) is 5.70. The Morgan fingerprint density at radius 2 is 1.92 bits per heavy atom. The van der Waals surface area contributed by atoms with E-state index in [1.807, 2.05) is 57.2 Å². The number of nitrogens with zero attached hydrogens (tertiary/aromatic N) is 1. The summed E-state index contributed by atoms with van der Waals surface area (Å²) in [4.78, 5) is 15.8. The van der Waals surface area contributed by atoms with Gasteiger partial charge >= 0.3 is 5.97 Å². The summed E-state index contributed by atoms with van der Waals surface area (Å²) in [7, 11) is 0. The Morgan fingerprint density at radius 1 is 1.25 bits per heavy atom. The fourth-order valence-corrected chi connectivity index (χ4v) is 2.65. The molecule has 1 heterocycles. The van der Waals surface area contributed by atoms with Crippen molar-refractivity contribution in [3.63, 3.8) is 0 Å². The van der Waals surface area contributed by atoms with Crippen molar-refractivity contribution in [1.82, 2.24) is 4.98 Å². The fraction of sp³-hybridized carbons (Fsp3) is 0.333. The van der Waals surface area contributed by atoms with E-state index in [-0.39, 0.29) is 18.4 Å². The van der Waals surface area contributed by atoms with Gasteiger partial charge in [-0.1, -0.05) is 24.3 Å². The van der Waals surface area contributed by atoms with Gasteiger partial charge in [-0.3, -0.25) is 4.79 Å². The molecule has 0 aliphatic heterocycles. The molecule has 0 saturated carbocycles. The summed E-state index contributed by atoms with van der Waals surface area (Å²) in [5.74, 6) is 0.663. The van der Waals surface area contributed by atoms with Gasteiger partial charge in [0.1, 0.15) is 11.5 Å². The molecule has 0 fully saturated rings. The van der Waals surface area contributed by atoms with E-state index in [0.717, 1.165) is 10.6 Å². The zero-order valence-corrected chi connectivity index (χ0v) is 14.7. The highest BCUT2D eigenvalue weighted by atomic mass is 32.1. The van der Waals surface area contributed by atoms with Crippen LogP contribution in [0.1, 0.15) is 32.1 Å². The number of ether oxygens (including phenoxy) is 2. The highest BCUT2D eigenvalue weighted by Crippen LogP contribution is 2.28. The number of carboxylic acid groups (broad SMARTS) is 1. The SMILES string of the molecule is CC(C=Cc1cnc(Oc2ccc(OC(C)C)cc2)s1)CC(=O)O. The number of aromatic nitrogens is 1. The number of carbonyl (C=O) groups is 1. The molecular weight excluding hydrogens is 326 g/mol. The quantitative estimate of drug-likeness (QED) is 0.739. The Bertz CT molecular complexity index is 691. The standard InChI is InChI=1S/C18H21NO4S/c1-12(2)22-14-5-7-15(8-6-14)23-18-19-11-16(24-18)9-4-13(3)10-17(20)21/h4-9,11-13H,10H2,1-3H3,(H,20,21). The van der Waals surface area contributed by atoms with E-state index >= 15 is 0 Å². The van der Waals surface area contributed by atoms with Crippen molar-refractivity contribution in [3.8, 4) is 16.7 Å². The van der Waals surface area contributed by atoms with Crippen LogP contribution in [0.5, 0.6) is 16.7 Å². The smallest absolute Gasteiger partial charge is 0.303 e. The van der Waals surface area contributed by atoms with Gasteiger partial charge < -0.3 is 14.6 Å². The molecule has 1 aromatic carbocycles. The van der Waals surface area contributed by atoms with Gasteiger partial charge in [-0.2, -0.15) is 0 Å². The van der Waals surface area contributed by atoms with E-state index in [4.69, 9.17) is 14.6 Å². The van der Waals surface area contributed by atoms with Gasteiger partial charge in [0.2, 0.25) is 0 Å². The van der Waals surface area contributed by atoms with E-state index < -0.39 is 5.97 Å². The molecule has 0 spiro atoms. The first-order valence-electron chi connectivity index (χ1n) is 7.73. The number of rotatable bonds is 8. The number of allylic oxidation sites excluding steroid dienone is 1. The molecule has 0 bridgehead atoms. The minimum Gasteiger partial charge on any atom is -0.491 e. The summed E-state index contributed by atoms with van der Waals surface area (Å²) >= 11 is 1.40. The van der Waals surface area contributed by atoms with Crippen LogP contribution in [-0.4, -0.2) is 22.2 Å². The largest absolute Gasteiger partial charge is 0.491 e. The van der Waals surface area contributed by atoms with Crippen LogP contribution in [0.2, 0.25) is 0 Å². The van der Waals surface area contributed by atoms with Crippen LogP contribution < -0.4 is 9.47 Å². The minimum absolute atomic E-state index is 0.0255. The maximum absolute atomic E-state index is 10.6. The number of hydrogen-bond acceptors (Lipinski definition) is 5. The molecule has 5 nitrogen and oxygen atoms in total. The summed E-state index contributed by atoms with van der Waals surface area (Å²) in [6.07, 6.45) is 5.69. The van der Waals surface area contributed by atoms with Gasteiger partial charge in [-0.05, 0) is 50.1 Å². The first-order valence-corrected chi connectivity index (χ1v) is 8.54. The second kappa shape index (κ2) is 8.49. The topological polar surface area (TPSA) is 68.7 Å². The number of thiazole rings is 1. The molecule has 1 atom stereocenters. The van der Waals surface area contributed by atoms with Crippen LogP contribution in [0.15, 0.2) is 36.5 Å². The molecule has 0 aliphatic rings. The number of carboxylic acids is 1. The Morgan fingerprint density at radius 3 is 2.54 bits per heavy atom. The molecule has 1 aromatic heterocycles. The monoisotopic (exact) mass is 347 g/mol. The van der Waals surface area contributed by atoms with Crippen LogP contribution in [0.3, 0.4) is 0 Å². The molecule has 1 N–H and O–H groups in total. The molecule has 128 valence electrons. The Labute approximate surface area is 145 Å². The van der Waals surface area contributed by atoms with Gasteiger partial charge in [0.05, 0.1) is 17.4 Å². The van der Waals surface area contributed by atoms with E-state index in [2.05, 4.69) is 4.98 Å². The predicted molar refractivity (Wildman–Crippen MR) is 94.8 cm³/mol. The van der Waals surface area contributed by atoms with Crippen molar-refractivity contribution < 1.29 is 19.4 Å². The number of hydrogen-bond donors (Lipinski definition) is 1. The summed E-state index contributed by atoms with van der Waals surface area (Å²) in [5, 5.41) is 9.28. The van der Waals surface area contributed by atoms with Gasteiger partial charge in [0, 0.05) is 6.20 Å². The summed E-state index contributed by atoms with van der Waals surface area (Å²) in [5.41, 5.74) is 0. The van der Waals surface area contributed by atoms with Crippen molar-refractivity contribution in [2.45, 2.75) is 33.3 Å². The van der Waals surface area contributed by atoms with Gasteiger partial charge in [-0.15, -0.1) is 0 Å². The first-order chi connectivity index (χ1) is 11.4. The first kappa shape index (κ1) is 18.0.